The normalized spacial score (nSPS) is 16.8. The summed E-state index contributed by atoms with van der Waals surface area (Å²) in [6.45, 7) is 3.36. The quantitative estimate of drug-likeness (QED) is 0.269. The van der Waals surface area contributed by atoms with Crippen LogP contribution in [0.3, 0.4) is 0 Å². The number of nitrogens with one attached hydrogen (secondary N) is 2. The molecule has 3 aromatic rings. The number of ether oxygens (including phenoxy) is 2. The van der Waals surface area contributed by atoms with Crippen LogP contribution >= 0.6 is 0 Å². The van der Waals surface area contributed by atoms with Crippen molar-refractivity contribution >= 4 is 11.8 Å². The first-order valence-electron chi connectivity index (χ1n) is 12.3. The van der Waals surface area contributed by atoms with Crippen LogP contribution in [0.4, 0.5) is 0 Å². The molecule has 7 nitrogen and oxygen atoms in total. The third-order valence-electron chi connectivity index (χ3n) is 6.06. The van der Waals surface area contributed by atoms with E-state index in [9.17, 15) is 4.79 Å². The second kappa shape index (κ2) is 12.3. The molecule has 3 N–H and O–H groups in total. The largest absolute Gasteiger partial charge is 0.494 e. The second-order valence-corrected chi connectivity index (χ2v) is 8.97. The van der Waals surface area contributed by atoms with Gasteiger partial charge in [0.15, 0.2) is 5.54 Å². The van der Waals surface area contributed by atoms with E-state index in [1.807, 2.05) is 54.6 Å². The zero-order valence-electron chi connectivity index (χ0n) is 20.6. The molecule has 188 valence electrons. The van der Waals surface area contributed by atoms with Gasteiger partial charge in [0.25, 0.3) is 5.91 Å². The molecule has 1 atom stereocenters. The van der Waals surface area contributed by atoms with Crippen LogP contribution in [0.25, 0.3) is 0 Å². The highest BCUT2D eigenvalue weighted by molar-refractivity contribution is 6.00. The molecule has 1 aliphatic heterocycles. The Morgan fingerprint density at radius 2 is 1.78 bits per heavy atom. The zero-order valence-corrected chi connectivity index (χ0v) is 20.6. The molecule has 0 saturated heterocycles. The molecule has 4 rings (SSSR count). The Bertz CT molecular complexity index is 1150. The van der Waals surface area contributed by atoms with Gasteiger partial charge in [-0.15, -0.1) is 0 Å². The van der Waals surface area contributed by atoms with Gasteiger partial charge in [-0.05, 0) is 48.7 Å². The summed E-state index contributed by atoms with van der Waals surface area (Å²) < 4.78 is 11.6. The van der Waals surface area contributed by atoms with Crippen molar-refractivity contribution in [1.82, 2.24) is 10.9 Å². The van der Waals surface area contributed by atoms with Crippen LogP contribution in [0, 0.1) is 6.92 Å². The molecule has 0 aromatic heterocycles. The number of hydrogen-bond acceptors (Lipinski definition) is 6. The van der Waals surface area contributed by atoms with Crippen molar-refractivity contribution in [3.05, 3.63) is 101 Å². The van der Waals surface area contributed by atoms with Crippen LogP contribution in [0.5, 0.6) is 5.75 Å². The summed E-state index contributed by atoms with van der Waals surface area (Å²) in [7, 11) is 0. The molecule has 36 heavy (non-hydrogen) atoms. The lowest BCUT2D eigenvalue weighted by Crippen LogP contribution is -2.53. The van der Waals surface area contributed by atoms with Crippen LogP contribution in [0.1, 0.15) is 28.7 Å². The first kappa shape index (κ1) is 25.4. The number of benzene rings is 3. The lowest BCUT2D eigenvalue weighted by molar-refractivity contribution is -0.127. The second-order valence-electron chi connectivity index (χ2n) is 8.97. The van der Waals surface area contributed by atoms with Gasteiger partial charge in [0.05, 0.1) is 6.61 Å². The molecule has 0 unspecified atom stereocenters. The number of hydrogen-bond donors (Lipinski definition) is 3. The summed E-state index contributed by atoms with van der Waals surface area (Å²) in [5.41, 5.74) is 9.06. The first-order chi connectivity index (χ1) is 17.6. The molecule has 3 aromatic carbocycles. The highest BCUT2D eigenvalue weighted by atomic mass is 16.5. The average molecular weight is 488 g/mol. The molecule has 0 radical (unpaired) electrons. The smallest absolute Gasteiger partial charge is 0.266 e. The number of rotatable bonds is 12. The van der Waals surface area contributed by atoms with Crippen LogP contribution in [-0.2, 0) is 22.4 Å². The van der Waals surface area contributed by atoms with E-state index in [1.54, 1.807) is 0 Å². The number of amides is 1. The van der Waals surface area contributed by atoms with E-state index in [4.69, 9.17) is 19.6 Å². The molecule has 0 fully saturated rings. The topological polar surface area (TPSA) is 92.2 Å². The van der Waals surface area contributed by atoms with E-state index in [1.165, 1.54) is 11.1 Å². The maximum absolute atomic E-state index is 13.4. The number of hydrazine groups is 1. The molecule has 7 heteroatoms. The molecule has 0 spiro atoms. The number of carbonyl (C=O) groups is 1. The van der Waals surface area contributed by atoms with Gasteiger partial charge in [-0.2, -0.15) is 0 Å². The summed E-state index contributed by atoms with van der Waals surface area (Å²) in [5, 5.41) is 8.91. The van der Waals surface area contributed by atoms with E-state index < -0.39 is 5.54 Å². The van der Waals surface area contributed by atoms with E-state index in [0.717, 1.165) is 17.5 Å². The highest BCUT2D eigenvalue weighted by Crippen LogP contribution is 2.27. The van der Waals surface area contributed by atoms with Crippen molar-refractivity contribution in [3.63, 3.8) is 0 Å². The summed E-state index contributed by atoms with van der Waals surface area (Å²) in [6.07, 6.45) is 1.79. The Hall–Kier alpha value is -3.68. The first-order valence-corrected chi connectivity index (χ1v) is 12.3. The molecule has 1 aliphatic rings. The Morgan fingerprint density at radius 3 is 2.50 bits per heavy atom. The summed E-state index contributed by atoms with van der Waals surface area (Å²) in [6, 6.07) is 25.6. The molecule has 0 aliphatic carbocycles. The maximum Gasteiger partial charge on any atom is 0.266 e. The summed E-state index contributed by atoms with van der Waals surface area (Å²) in [4.78, 5) is 18.2. The fourth-order valence-corrected chi connectivity index (χ4v) is 3.98. The van der Waals surface area contributed by atoms with Crippen molar-refractivity contribution < 1.29 is 19.4 Å². The van der Waals surface area contributed by atoms with Crippen LogP contribution in [0.2, 0.25) is 0 Å². The van der Waals surface area contributed by atoms with Crippen molar-refractivity contribution in [2.75, 3.05) is 26.4 Å². The molecule has 1 heterocycles. The zero-order chi connectivity index (χ0) is 25.2. The fraction of sp³-hybridized carbons (Fsp3) is 0.310. The monoisotopic (exact) mass is 487 g/mol. The average Bonchev–Trinajstić information content (AvgIpc) is 3.34. The minimum atomic E-state index is -1.08. The van der Waals surface area contributed by atoms with Crippen molar-refractivity contribution in [1.29, 1.82) is 0 Å². The van der Waals surface area contributed by atoms with Crippen LogP contribution in [-0.4, -0.2) is 48.8 Å². The van der Waals surface area contributed by atoms with Crippen molar-refractivity contribution in [2.24, 2.45) is 4.99 Å². The molecular weight excluding hydrogens is 454 g/mol. The predicted octanol–water partition coefficient (Wildman–Crippen LogP) is 3.38. The lowest BCUT2D eigenvalue weighted by Gasteiger charge is -2.23. The van der Waals surface area contributed by atoms with Crippen LogP contribution in [0.15, 0.2) is 83.9 Å². The minimum Gasteiger partial charge on any atom is -0.494 e. The van der Waals surface area contributed by atoms with Gasteiger partial charge in [-0.1, -0.05) is 60.2 Å². The molecule has 0 saturated carbocycles. The lowest BCUT2D eigenvalue weighted by atomic mass is 9.91. The minimum absolute atomic E-state index is 0.0924. The van der Waals surface area contributed by atoms with Gasteiger partial charge in [-0.25, -0.2) is 10.4 Å². The molecule has 0 bridgehead atoms. The number of aryl methyl sites for hydroxylation is 1. The standard InChI is InChI=1S/C29H33N3O4/c1-22-8-10-23(11-9-22)16-17-30-32-28(34)29(20-24-6-3-2-4-7-24)21-36-27(31-29)25-12-14-26(15-13-25)35-19-5-18-33/h2-4,6-15,30,33H,5,16-21H2,1H3,(H,32,34)/t29-/m0/s1. The van der Waals surface area contributed by atoms with Gasteiger partial charge >= 0.3 is 0 Å². The van der Waals surface area contributed by atoms with E-state index in [0.29, 0.717) is 37.6 Å². The van der Waals surface area contributed by atoms with E-state index in [2.05, 4.69) is 42.0 Å². The van der Waals surface area contributed by atoms with Crippen LogP contribution < -0.4 is 15.6 Å². The summed E-state index contributed by atoms with van der Waals surface area (Å²) in [5.74, 6) is 0.911. The van der Waals surface area contributed by atoms with E-state index >= 15 is 0 Å². The van der Waals surface area contributed by atoms with Gasteiger partial charge in [0, 0.05) is 31.6 Å². The number of aliphatic hydroxyl groups excluding tert-OH is 1. The number of carbonyl (C=O) groups excluding carboxylic acids is 1. The van der Waals surface area contributed by atoms with Gasteiger partial charge < -0.3 is 14.6 Å². The summed E-state index contributed by atoms with van der Waals surface area (Å²) >= 11 is 0. The Labute approximate surface area is 212 Å². The SMILES string of the molecule is Cc1ccc(CCNNC(=O)[C@]2(Cc3ccccc3)COC(c3ccc(OCCCO)cc3)=N2)cc1. The third-order valence-corrected chi connectivity index (χ3v) is 6.06. The molecule has 1 amide bonds. The van der Waals surface area contributed by atoms with Gasteiger partial charge in [0.1, 0.15) is 12.4 Å². The Balaban J connectivity index is 1.44. The number of aliphatic hydroxyl groups is 1. The number of aliphatic imine (C=N–C) groups is 1. The van der Waals surface area contributed by atoms with E-state index in [-0.39, 0.29) is 19.1 Å². The maximum atomic E-state index is 13.4. The van der Waals surface area contributed by atoms with Crippen molar-refractivity contribution in [2.45, 2.75) is 31.7 Å². The Morgan fingerprint density at radius 1 is 1.03 bits per heavy atom. The fourth-order valence-electron chi connectivity index (χ4n) is 3.98. The number of nitrogens with zero attached hydrogens (tertiary/aromatic N) is 1. The van der Waals surface area contributed by atoms with Gasteiger partial charge in [-0.3, -0.25) is 10.2 Å². The third kappa shape index (κ3) is 6.71. The molecular formula is C29H33N3O4. The van der Waals surface area contributed by atoms with Crippen molar-refractivity contribution in [3.8, 4) is 5.75 Å². The Kier molecular flexibility index (Phi) is 8.71. The highest BCUT2D eigenvalue weighted by Gasteiger charge is 2.44. The van der Waals surface area contributed by atoms with Gasteiger partial charge in [0.2, 0.25) is 5.90 Å². The predicted molar refractivity (Wildman–Crippen MR) is 140 cm³/mol.